The van der Waals surface area contributed by atoms with Crippen LogP contribution in [0, 0.1) is 0 Å². The minimum Gasteiger partial charge on any atom is -0.364 e. The molecule has 16 heavy (non-hydrogen) atoms. The first-order valence-corrected chi connectivity index (χ1v) is 5.71. The molecule has 3 rings (SSSR count). The van der Waals surface area contributed by atoms with Crippen LogP contribution in [0.25, 0.3) is 0 Å². The normalized spacial score (nSPS) is 24.1. The van der Waals surface area contributed by atoms with E-state index < -0.39 is 0 Å². The van der Waals surface area contributed by atoms with Crippen molar-refractivity contribution in [2.24, 2.45) is 0 Å². The Bertz CT molecular complexity index is 418. The third-order valence-corrected chi connectivity index (χ3v) is 3.26. The van der Waals surface area contributed by atoms with E-state index in [1.54, 1.807) is 0 Å². The van der Waals surface area contributed by atoms with Crippen LogP contribution in [-0.2, 0) is 4.79 Å². The van der Waals surface area contributed by atoms with Crippen LogP contribution in [0.2, 0.25) is 0 Å². The second kappa shape index (κ2) is 3.79. The van der Waals surface area contributed by atoms with Gasteiger partial charge in [-0.3, -0.25) is 4.79 Å². The van der Waals surface area contributed by atoms with E-state index in [9.17, 15) is 4.79 Å². The number of anilines is 2. The Hall–Kier alpha value is -1.55. The summed E-state index contributed by atoms with van der Waals surface area (Å²) in [5.41, 5.74) is 2.09. The van der Waals surface area contributed by atoms with Crippen LogP contribution in [-0.4, -0.2) is 31.6 Å². The van der Waals surface area contributed by atoms with Crippen LogP contribution < -0.4 is 15.5 Å². The highest BCUT2D eigenvalue weighted by Gasteiger charge is 2.29. The standard InChI is InChI=1S/C12H15N3O/c16-12-7-9-8-13-5-6-15(9)11-4-2-1-3-10(11)14-12/h1-4,9,13H,5-8H2,(H,14,16). The largest absolute Gasteiger partial charge is 0.364 e. The van der Waals surface area contributed by atoms with E-state index in [2.05, 4.69) is 21.6 Å². The van der Waals surface area contributed by atoms with Gasteiger partial charge in [-0.2, -0.15) is 0 Å². The number of nitrogens with zero attached hydrogens (tertiary/aromatic N) is 1. The molecule has 4 heteroatoms. The summed E-state index contributed by atoms with van der Waals surface area (Å²) in [5.74, 6) is 0.114. The molecule has 2 N–H and O–H groups in total. The quantitative estimate of drug-likeness (QED) is 0.676. The molecule has 1 aromatic carbocycles. The highest BCUT2D eigenvalue weighted by atomic mass is 16.1. The zero-order chi connectivity index (χ0) is 11.0. The summed E-state index contributed by atoms with van der Waals surface area (Å²) in [6.07, 6.45) is 0.571. The van der Waals surface area contributed by atoms with E-state index in [-0.39, 0.29) is 11.9 Å². The molecule has 0 spiro atoms. The van der Waals surface area contributed by atoms with Gasteiger partial charge in [0.1, 0.15) is 0 Å². The Morgan fingerprint density at radius 2 is 2.19 bits per heavy atom. The van der Waals surface area contributed by atoms with Crippen LogP contribution in [0.4, 0.5) is 11.4 Å². The first-order chi connectivity index (χ1) is 7.84. The van der Waals surface area contributed by atoms with Gasteiger partial charge in [-0.05, 0) is 12.1 Å². The van der Waals surface area contributed by atoms with E-state index >= 15 is 0 Å². The van der Waals surface area contributed by atoms with Gasteiger partial charge in [0.05, 0.1) is 17.4 Å². The molecule has 2 aliphatic heterocycles. The number of carbonyl (C=O) groups is 1. The fourth-order valence-electron chi connectivity index (χ4n) is 2.51. The molecule has 1 saturated heterocycles. The smallest absolute Gasteiger partial charge is 0.226 e. The van der Waals surface area contributed by atoms with E-state index in [1.165, 1.54) is 0 Å². The van der Waals surface area contributed by atoms with Crippen LogP contribution in [0.15, 0.2) is 24.3 Å². The Labute approximate surface area is 94.6 Å². The molecule has 0 aromatic heterocycles. The maximum Gasteiger partial charge on any atom is 0.226 e. The highest BCUT2D eigenvalue weighted by Crippen LogP contribution is 2.31. The number of nitrogens with one attached hydrogen (secondary N) is 2. The molecule has 1 atom stereocenters. The van der Waals surface area contributed by atoms with Gasteiger partial charge in [0, 0.05) is 26.1 Å². The van der Waals surface area contributed by atoms with Gasteiger partial charge in [-0.25, -0.2) is 0 Å². The zero-order valence-electron chi connectivity index (χ0n) is 9.07. The molecule has 1 aromatic rings. The first-order valence-electron chi connectivity index (χ1n) is 5.71. The number of amides is 1. The first kappa shape index (κ1) is 9.66. The molecule has 2 heterocycles. The highest BCUT2D eigenvalue weighted by molar-refractivity contribution is 5.96. The second-order valence-corrected chi connectivity index (χ2v) is 4.32. The second-order valence-electron chi connectivity index (χ2n) is 4.32. The van der Waals surface area contributed by atoms with Gasteiger partial charge < -0.3 is 15.5 Å². The number of rotatable bonds is 0. The summed E-state index contributed by atoms with van der Waals surface area (Å²) in [5, 5.41) is 6.31. The van der Waals surface area contributed by atoms with Crippen molar-refractivity contribution in [2.45, 2.75) is 12.5 Å². The summed E-state index contributed by atoms with van der Waals surface area (Å²) in [7, 11) is 0. The lowest BCUT2D eigenvalue weighted by molar-refractivity contribution is -0.116. The fourth-order valence-corrected chi connectivity index (χ4v) is 2.51. The van der Waals surface area contributed by atoms with E-state index in [0.717, 1.165) is 31.0 Å². The Morgan fingerprint density at radius 1 is 1.31 bits per heavy atom. The maximum absolute atomic E-state index is 11.7. The van der Waals surface area contributed by atoms with Crippen molar-refractivity contribution in [1.29, 1.82) is 0 Å². The topological polar surface area (TPSA) is 44.4 Å². The molecular formula is C12H15N3O. The predicted molar refractivity (Wildman–Crippen MR) is 63.7 cm³/mol. The Balaban J connectivity index is 2.04. The summed E-state index contributed by atoms with van der Waals surface area (Å²) < 4.78 is 0. The number of fused-ring (bicyclic) bond motifs is 3. The van der Waals surface area contributed by atoms with Gasteiger partial charge >= 0.3 is 0 Å². The summed E-state index contributed by atoms with van der Waals surface area (Å²) in [6.45, 7) is 2.84. The van der Waals surface area contributed by atoms with E-state index in [4.69, 9.17) is 0 Å². The van der Waals surface area contributed by atoms with E-state index in [0.29, 0.717) is 6.42 Å². The van der Waals surface area contributed by atoms with E-state index in [1.807, 2.05) is 18.2 Å². The molecule has 0 bridgehead atoms. The average Bonchev–Trinajstić information content (AvgIpc) is 2.44. The Kier molecular flexibility index (Phi) is 2.29. The fraction of sp³-hybridized carbons (Fsp3) is 0.417. The SMILES string of the molecule is O=C1CC2CNCCN2c2ccccc2N1. The number of piperazine rings is 1. The number of benzene rings is 1. The van der Waals surface area contributed by atoms with Crippen molar-refractivity contribution < 1.29 is 4.79 Å². The lowest BCUT2D eigenvalue weighted by Gasteiger charge is -2.36. The van der Waals surface area contributed by atoms with Crippen LogP contribution in [0.3, 0.4) is 0 Å². The van der Waals surface area contributed by atoms with Crippen LogP contribution >= 0.6 is 0 Å². The van der Waals surface area contributed by atoms with Gasteiger partial charge in [0.25, 0.3) is 0 Å². The number of para-hydroxylation sites is 2. The van der Waals surface area contributed by atoms with Gasteiger partial charge in [-0.15, -0.1) is 0 Å². The Morgan fingerprint density at radius 3 is 3.12 bits per heavy atom. The van der Waals surface area contributed by atoms with Crippen molar-refractivity contribution in [3.8, 4) is 0 Å². The van der Waals surface area contributed by atoms with Crippen molar-refractivity contribution in [1.82, 2.24) is 5.32 Å². The summed E-state index contributed by atoms with van der Waals surface area (Å²) in [4.78, 5) is 14.1. The molecule has 84 valence electrons. The zero-order valence-corrected chi connectivity index (χ0v) is 9.07. The summed E-state index contributed by atoms with van der Waals surface area (Å²) in [6, 6.07) is 8.32. The van der Waals surface area contributed by atoms with Crippen molar-refractivity contribution in [3.63, 3.8) is 0 Å². The van der Waals surface area contributed by atoms with Crippen molar-refractivity contribution in [2.75, 3.05) is 29.9 Å². The molecule has 2 aliphatic rings. The number of carbonyl (C=O) groups excluding carboxylic acids is 1. The third kappa shape index (κ3) is 1.55. The lowest BCUT2D eigenvalue weighted by atomic mass is 10.1. The van der Waals surface area contributed by atoms with Gasteiger partial charge in [0.2, 0.25) is 5.91 Å². The maximum atomic E-state index is 11.7. The van der Waals surface area contributed by atoms with Gasteiger partial charge in [-0.1, -0.05) is 12.1 Å². The van der Waals surface area contributed by atoms with Gasteiger partial charge in [0.15, 0.2) is 0 Å². The molecule has 1 fully saturated rings. The minimum atomic E-state index is 0.114. The molecule has 0 radical (unpaired) electrons. The molecular weight excluding hydrogens is 202 g/mol. The van der Waals surface area contributed by atoms with Crippen LogP contribution in [0.1, 0.15) is 6.42 Å². The van der Waals surface area contributed by atoms with Crippen molar-refractivity contribution >= 4 is 17.3 Å². The van der Waals surface area contributed by atoms with Crippen LogP contribution in [0.5, 0.6) is 0 Å². The lowest BCUT2D eigenvalue weighted by Crippen LogP contribution is -2.51. The number of hydrogen-bond acceptors (Lipinski definition) is 3. The molecule has 0 saturated carbocycles. The molecule has 1 amide bonds. The average molecular weight is 217 g/mol. The monoisotopic (exact) mass is 217 g/mol. The number of hydrogen-bond donors (Lipinski definition) is 2. The molecule has 0 aliphatic carbocycles. The molecule has 4 nitrogen and oxygen atoms in total. The summed E-state index contributed by atoms with van der Waals surface area (Å²) >= 11 is 0. The third-order valence-electron chi connectivity index (χ3n) is 3.26. The predicted octanol–water partition coefficient (Wildman–Crippen LogP) is 0.807. The molecule has 1 unspecified atom stereocenters. The van der Waals surface area contributed by atoms with Crippen molar-refractivity contribution in [3.05, 3.63) is 24.3 Å². The minimum absolute atomic E-state index is 0.114.